The van der Waals surface area contributed by atoms with Gasteiger partial charge in [-0.15, -0.1) is 0 Å². The number of aliphatic carboxylic acids is 1. The number of fused-ring (bicyclic) bond motifs is 1. The molecule has 3 heterocycles. The van der Waals surface area contributed by atoms with Crippen LogP contribution in [0.5, 0.6) is 0 Å². The second kappa shape index (κ2) is 7.49. The first-order valence-corrected chi connectivity index (χ1v) is 7.70. The fraction of sp³-hybridized carbons (Fsp3) is 0.429. The van der Waals surface area contributed by atoms with Gasteiger partial charge in [0.1, 0.15) is 5.65 Å². The minimum absolute atomic E-state index is 0.302. The van der Waals surface area contributed by atoms with Gasteiger partial charge in [0, 0.05) is 30.5 Å². The van der Waals surface area contributed by atoms with Crippen molar-refractivity contribution >= 4 is 27.5 Å². The molecule has 0 aliphatic carbocycles. The summed E-state index contributed by atoms with van der Waals surface area (Å²) in [5, 5.41) is 10.6. The molecule has 1 aliphatic rings. The Hall–Kier alpha value is -1.65. The van der Waals surface area contributed by atoms with Crippen LogP contribution in [0.3, 0.4) is 0 Å². The van der Waals surface area contributed by atoms with Gasteiger partial charge in [0.2, 0.25) is 0 Å². The summed E-state index contributed by atoms with van der Waals surface area (Å²) < 4.78 is 40.2. The molecule has 1 saturated heterocycles. The number of alkyl halides is 3. The first-order chi connectivity index (χ1) is 11.2. The molecule has 24 heavy (non-hydrogen) atoms. The van der Waals surface area contributed by atoms with Crippen molar-refractivity contribution in [1.82, 2.24) is 14.7 Å². The van der Waals surface area contributed by atoms with Crippen LogP contribution >= 0.6 is 15.9 Å². The summed E-state index contributed by atoms with van der Waals surface area (Å²) in [6.45, 7) is 0.902. The minimum atomic E-state index is -5.08. The van der Waals surface area contributed by atoms with Gasteiger partial charge in [-0.25, -0.2) is 9.78 Å². The van der Waals surface area contributed by atoms with E-state index in [-0.39, 0.29) is 0 Å². The minimum Gasteiger partial charge on any atom is -0.475 e. The highest BCUT2D eigenvalue weighted by Gasteiger charge is 2.38. The zero-order valence-electron chi connectivity index (χ0n) is 12.5. The number of carboxylic acids is 1. The molecule has 0 aromatic carbocycles. The van der Waals surface area contributed by atoms with Gasteiger partial charge in [0.15, 0.2) is 0 Å². The Kier molecular flexibility index (Phi) is 5.83. The van der Waals surface area contributed by atoms with Crippen LogP contribution in [0.4, 0.5) is 13.2 Å². The van der Waals surface area contributed by atoms with E-state index in [1.165, 1.54) is 0 Å². The van der Waals surface area contributed by atoms with Gasteiger partial charge >= 0.3 is 12.1 Å². The predicted octanol–water partition coefficient (Wildman–Crippen LogP) is 2.78. The van der Waals surface area contributed by atoms with E-state index in [1.807, 2.05) is 22.7 Å². The highest BCUT2D eigenvalue weighted by atomic mass is 79.9. The highest BCUT2D eigenvalue weighted by Crippen LogP contribution is 2.24. The van der Waals surface area contributed by atoms with Crippen LogP contribution in [0.1, 0.15) is 18.2 Å². The number of aromatic nitrogens is 2. The van der Waals surface area contributed by atoms with Crippen molar-refractivity contribution in [3.8, 4) is 0 Å². The molecular weight excluding hydrogens is 395 g/mol. The van der Waals surface area contributed by atoms with Gasteiger partial charge < -0.3 is 19.6 Å². The quantitative estimate of drug-likeness (QED) is 0.797. The fourth-order valence-electron chi connectivity index (χ4n) is 2.26. The summed E-state index contributed by atoms with van der Waals surface area (Å²) in [4.78, 5) is 13.5. The summed E-state index contributed by atoms with van der Waals surface area (Å²) in [6, 6.07) is 4.32. The molecule has 2 unspecified atom stereocenters. The van der Waals surface area contributed by atoms with Gasteiger partial charge in [-0.3, -0.25) is 0 Å². The molecule has 2 atom stereocenters. The number of hydrogen-bond donors (Lipinski definition) is 2. The Morgan fingerprint density at radius 3 is 2.67 bits per heavy atom. The topological polar surface area (TPSA) is 75.9 Å². The van der Waals surface area contributed by atoms with Crippen LogP contribution < -0.4 is 5.32 Å². The van der Waals surface area contributed by atoms with Crippen LogP contribution in [-0.2, 0) is 9.53 Å². The first-order valence-electron chi connectivity index (χ1n) is 6.91. The number of halogens is 4. The average molecular weight is 410 g/mol. The van der Waals surface area contributed by atoms with Crippen molar-refractivity contribution < 1.29 is 27.8 Å². The molecule has 2 aromatic rings. The fourth-order valence-corrected chi connectivity index (χ4v) is 2.61. The highest BCUT2D eigenvalue weighted by molar-refractivity contribution is 9.10. The summed E-state index contributed by atoms with van der Waals surface area (Å²) in [5.74, 6) is -2.76. The monoisotopic (exact) mass is 409 g/mol. The zero-order chi connectivity index (χ0) is 17.9. The molecule has 0 radical (unpaired) electrons. The standard InChI is InChI=1S/C12H14BrN3O.C2HF3O2/c1-17-9-4-10(14-5-9)11-7-16-6-8(13)2-3-12(16)15-11;3-2(4,5)1(6)7/h2-3,6-7,9-10,14H,4-5H2,1H3;(H,6,7). The molecule has 0 amide bonds. The molecule has 0 bridgehead atoms. The van der Waals surface area contributed by atoms with Gasteiger partial charge in [0.25, 0.3) is 0 Å². The van der Waals surface area contributed by atoms with Crippen LogP contribution in [0.15, 0.2) is 29.0 Å². The number of nitrogens with zero attached hydrogens (tertiary/aromatic N) is 2. The van der Waals surface area contributed by atoms with Crippen molar-refractivity contribution in [1.29, 1.82) is 0 Å². The summed E-state index contributed by atoms with van der Waals surface area (Å²) in [6.07, 6.45) is 0.308. The Balaban J connectivity index is 0.000000256. The maximum atomic E-state index is 10.6. The van der Waals surface area contributed by atoms with Crippen LogP contribution in [0.25, 0.3) is 5.65 Å². The lowest BCUT2D eigenvalue weighted by atomic mass is 10.1. The van der Waals surface area contributed by atoms with E-state index in [0.29, 0.717) is 12.1 Å². The molecule has 2 N–H and O–H groups in total. The van der Waals surface area contributed by atoms with Crippen molar-refractivity contribution in [3.05, 3.63) is 34.7 Å². The second-order valence-corrected chi connectivity index (χ2v) is 6.05. The van der Waals surface area contributed by atoms with E-state index < -0.39 is 12.1 Å². The molecule has 2 aromatic heterocycles. The van der Waals surface area contributed by atoms with Gasteiger partial charge in [-0.1, -0.05) is 0 Å². The third-order valence-electron chi connectivity index (χ3n) is 3.46. The Bertz CT molecular complexity index is 720. The van der Waals surface area contributed by atoms with Crippen molar-refractivity contribution in [2.24, 2.45) is 0 Å². The van der Waals surface area contributed by atoms with E-state index in [2.05, 4.69) is 32.4 Å². The van der Waals surface area contributed by atoms with Crippen LogP contribution in [0.2, 0.25) is 0 Å². The molecule has 1 aliphatic heterocycles. The first kappa shape index (κ1) is 18.7. The van der Waals surface area contributed by atoms with Gasteiger partial charge in [-0.2, -0.15) is 13.2 Å². The number of nitrogens with one attached hydrogen (secondary N) is 1. The number of carboxylic acid groups (broad SMARTS) is 1. The van der Waals surface area contributed by atoms with Gasteiger partial charge in [0.05, 0.1) is 17.8 Å². The molecule has 132 valence electrons. The summed E-state index contributed by atoms with van der Waals surface area (Å²) in [5.41, 5.74) is 2.06. The maximum absolute atomic E-state index is 10.6. The molecule has 6 nitrogen and oxygen atoms in total. The third kappa shape index (κ3) is 4.68. The lowest BCUT2D eigenvalue weighted by Crippen LogP contribution is -2.21. The number of pyridine rings is 1. The largest absolute Gasteiger partial charge is 0.490 e. The van der Waals surface area contributed by atoms with E-state index in [4.69, 9.17) is 14.6 Å². The Labute approximate surface area is 143 Å². The van der Waals surface area contributed by atoms with Crippen molar-refractivity contribution in [3.63, 3.8) is 0 Å². The number of carbonyl (C=O) groups is 1. The predicted molar refractivity (Wildman–Crippen MR) is 82.7 cm³/mol. The molecule has 0 saturated carbocycles. The Morgan fingerprint density at radius 2 is 2.12 bits per heavy atom. The van der Waals surface area contributed by atoms with Crippen LogP contribution in [0, 0.1) is 0 Å². The van der Waals surface area contributed by atoms with E-state index in [9.17, 15) is 13.2 Å². The van der Waals surface area contributed by atoms with E-state index >= 15 is 0 Å². The van der Waals surface area contributed by atoms with Crippen molar-refractivity contribution in [2.75, 3.05) is 13.7 Å². The lowest BCUT2D eigenvalue weighted by molar-refractivity contribution is -0.192. The number of hydrogen-bond acceptors (Lipinski definition) is 4. The Morgan fingerprint density at radius 1 is 1.46 bits per heavy atom. The molecule has 0 spiro atoms. The number of rotatable bonds is 2. The lowest BCUT2D eigenvalue weighted by Gasteiger charge is -2.05. The molecule has 10 heteroatoms. The number of imidazole rings is 1. The SMILES string of the molecule is COC1CNC(c2cn3cc(Br)ccc3n2)C1.O=C(O)C(F)(F)F. The molecule has 1 fully saturated rings. The van der Waals surface area contributed by atoms with E-state index in [0.717, 1.165) is 28.8 Å². The average Bonchev–Trinajstić information content (AvgIpc) is 3.12. The molecule has 3 rings (SSSR count). The number of methoxy groups -OCH3 is 1. The van der Waals surface area contributed by atoms with Crippen LogP contribution in [-0.4, -0.2) is 46.4 Å². The van der Waals surface area contributed by atoms with Gasteiger partial charge in [-0.05, 0) is 34.5 Å². The third-order valence-corrected chi connectivity index (χ3v) is 3.93. The molecular formula is C14H15BrF3N3O3. The smallest absolute Gasteiger partial charge is 0.475 e. The van der Waals surface area contributed by atoms with Crippen molar-refractivity contribution in [2.45, 2.75) is 24.7 Å². The normalized spacial score (nSPS) is 20.7. The number of ether oxygens (including phenoxy) is 1. The van der Waals surface area contributed by atoms with E-state index in [1.54, 1.807) is 7.11 Å². The summed E-state index contributed by atoms with van der Waals surface area (Å²) in [7, 11) is 1.76. The zero-order valence-corrected chi connectivity index (χ0v) is 14.1. The maximum Gasteiger partial charge on any atom is 0.490 e. The summed E-state index contributed by atoms with van der Waals surface area (Å²) >= 11 is 3.46. The second-order valence-electron chi connectivity index (χ2n) is 5.14.